The molecule has 0 spiro atoms. The van der Waals surface area contributed by atoms with E-state index in [1.165, 1.54) is 29.8 Å². The summed E-state index contributed by atoms with van der Waals surface area (Å²) in [5.74, 6) is 0.164. The van der Waals surface area contributed by atoms with Crippen LogP contribution < -0.4 is 4.90 Å². The second kappa shape index (κ2) is 12.4. The van der Waals surface area contributed by atoms with Crippen LogP contribution in [0.1, 0.15) is 65.4 Å². The van der Waals surface area contributed by atoms with E-state index in [9.17, 15) is 34.5 Å². The standard InChI is InChI=1S/C25H40N5O11P/c1-24(2,3)41-23(34)29(14-8-6-7-9-14)20-15-10-26-30(21(15)28-17(11-31)27-20)22-19(33)18(32)16(40-22)12-39-25(4,13-38-5)42(35,36)37/h10,14,16,18-19,22,31-33H,6-9,11-13H2,1-5H3,(H2,35,36,37)/t16-,18-,19-,22-,25?/m1/s1. The molecule has 1 saturated carbocycles. The molecule has 1 saturated heterocycles. The van der Waals surface area contributed by atoms with Crippen molar-refractivity contribution < 1.29 is 53.4 Å². The summed E-state index contributed by atoms with van der Waals surface area (Å²) in [6.45, 7) is 4.95. The quantitative estimate of drug-likeness (QED) is 0.237. The van der Waals surface area contributed by atoms with E-state index in [0.29, 0.717) is 5.39 Å². The summed E-state index contributed by atoms with van der Waals surface area (Å²) in [7, 11) is -3.54. The number of hydrogen-bond donors (Lipinski definition) is 5. The van der Waals surface area contributed by atoms with Crippen molar-refractivity contribution >= 4 is 30.5 Å². The predicted molar refractivity (Wildman–Crippen MR) is 146 cm³/mol. The van der Waals surface area contributed by atoms with Gasteiger partial charge >= 0.3 is 13.7 Å². The number of methoxy groups -OCH3 is 1. The minimum atomic E-state index is -4.79. The average Bonchev–Trinajstić information content (AvgIpc) is 3.62. The van der Waals surface area contributed by atoms with Gasteiger partial charge in [0.2, 0.25) is 0 Å². The first-order valence-electron chi connectivity index (χ1n) is 13.7. The molecule has 2 aromatic heterocycles. The predicted octanol–water partition coefficient (Wildman–Crippen LogP) is 1.18. The third-order valence-electron chi connectivity index (χ3n) is 7.29. The van der Waals surface area contributed by atoms with Crippen molar-refractivity contribution in [3.05, 3.63) is 12.0 Å². The van der Waals surface area contributed by atoms with Crippen LogP contribution in [0.25, 0.3) is 11.0 Å². The van der Waals surface area contributed by atoms with E-state index in [0.717, 1.165) is 25.7 Å². The van der Waals surface area contributed by atoms with Gasteiger partial charge in [0, 0.05) is 13.2 Å². The normalized spacial score (nSPS) is 25.2. The number of hydrogen-bond acceptors (Lipinski definition) is 12. The van der Waals surface area contributed by atoms with Gasteiger partial charge in [0.15, 0.2) is 28.9 Å². The Kier molecular flexibility index (Phi) is 9.62. The van der Waals surface area contributed by atoms with Crippen LogP contribution >= 0.6 is 7.60 Å². The van der Waals surface area contributed by atoms with Crippen molar-refractivity contribution in [3.63, 3.8) is 0 Å². The zero-order chi connectivity index (χ0) is 31.0. The minimum absolute atomic E-state index is 0.0179. The van der Waals surface area contributed by atoms with Crippen molar-refractivity contribution in [2.24, 2.45) is 0 Å². The van der Waals surface area contributed by atoms with Crippen LogP contribution in [0.15, 0.2) is 6.20 Å². The van der Waals surface area contributed by atoms with Crippen molar-refractivity contribution in [2.45, 2.75) is 102 Å². The SMILES string of the molecule is COCC(C)(OC[C@H]1O[C@@H](n2ncc3c(N(C(=O)OC(C)(C)C)C4CCCC4)nc(CO)nc32)[C@H](O)[C@@H]1O)P(=O)(O)O. The summed E-state index contributed by atoms with van der Waals surface area (Å²) < 4.78 is 35.1. The highest BCUT2D eigenvalue weighted by atomic mass is 31.2. The van der Waals surface area contributed by atoms with Crippen molar-refractivity contribution in [1.82, 2.24) is 19.7 Å². The van der Waals surface area contributed by atoms with E-state index in [1.54, 1.807) is 20.8 Å². The maximum atomic E-state index is 13.4. The van der Waals surface area contributed by atoms with Crippen LogP contribution in [0.2, 0.25) is 0 Å². The van der Waals surface area contributed by atoms with Gasteiger partial charge in [0.25, 0.3) is 0 Å². The third-order valence-corrected chi connectivity index (χ3v) is 8.79. The summed E-state index contributed by atoms with van der Waals surface area (Å²) in [5, 5.41) is 34.2. The number of aliphatic hydroxyl groups is 3. The molecule has 17 heteroatoms. The molecular formula is C25H40N5O11P. The Morgan fingerprint density at radius 2 is 1.83 bits per heavy atom. The summed E-state index contributed by atoms with van der Waals surface area (Å²) >= 11 is 0. The number of rotatable bonds is 10. The molecule has 1 aliphatic heterocycles. The van der Waals surface area contributed by atoms with Gasteiger partial charge in [-0.2, -0.15) is 5.10 Å². The Balaban J connectivity index is 1.69. The fraction of sp³-hybridized carbons (Fsp3) is 0.760. The number of aromatic nitrogens is 4. The maximum absolute atomic E-state index is 13.4. The van der Waals surface area contributed by atoms with Crippen LogP contribution in [0.5, 0.6) is 0 Å². The Morgan fingerprint density at radius 1 is 1.17 bits per heavy atom. The molecule has 5 N–H and O–H groups in total. The van der Waals surface area contributed by atoms with E-state index < -0.39 is 69.0 Å². The smallest absolute Gasteiger partial charge is 0.416 e. The molecular weight excluding hydrogens is 577 g/mol. The van der Waals surface area contributed by atoms with E-state index in [-0.39, 0.29) is 23.3 Å². The van der Waals surface area contributed by atoms with Crippen molar-refractivity contribution in [2.75, 3.05) is 25.2 Å². The van der Waals surface area contributed by atoms with E-state index in [1.807, 2.05) is 0 Å². The van der Waals surface area contributed by atoms with E-state index >= 15 is 0 Å². The lowest BCUT2D eigenvalue weighted by Gasteiger charge is -2.31. The fourth-order valence-electron chi connectivity index (χ4n) is 5.09. The van der Waals surface area contributed by atoms with Gasteiger partial charge in [-0.1, -0.05) is 12.8 Å². The molecule has 0 bridgehead atoms. The number of carbonyl (C=O) groups excluding carboxylic acids is 1. The Bertz CT molecular complexity index is 1310. The van der Waals surface area contributed by atoms with Gasteiger partial charge in [-0.15, -0.1) is 0 Å². The Morgan fingerprint density at radius 3 is 2.40 bits per heavy atom. The Hall–Kier alpha value is -2.27. The number of fused-ring (bicyclic) bond motifs is 1. The first kappa shape index (κ1) is 32.6. The summed E-state index contributed by atoms with van der Waals surface area (Å²) in [6.07, 6.45) is -1.50. The molecule has 2 aromatic rings. The zero-order valence-electron chi connectivity index (χ0n) is 24.3. The van der Waals surface area contributed by atoms with Crippen LogP contribution in [-0.4, -0.2) is 107 Å². The van der Waals surface area contributed by atoms with Gasteiger partial charge in [0.05, 0.1) is 24.8 Å². The number of amides is 1. The van der Waals surface area contributed by atoms with Gasteiger partial charge in [-0.3, -0.25) is 9.46 Å². The summed E-state index contributed by atoms with van der Waals surface area (Å²) in [6, 6.07) is -0.208. The number of carbonyl (C=O) groups is 1. The van der Waals surface area contributed by atoms with Crippen molar-refractivity contribution in [1.29, 1.82) is 0 Å². The first-order chi connectivity index (χ1) is 19.6. The Labute approximate surface area is 242 Å². The highest BCUT2D eigenvalue weighted by Crippen LogP contribution is 2.51. The number of ether oxygens (including phenoxy) is 4. The molecule has 4 rings (SSSR count). The zero-order valence-corrected chi connectivity index (χ0v) is 25.2. The highest BCUT2D eigenvalue weighted by Gasteiger charge is 2.49. The maximum Gasteiger partial charge on any atom is 0.416 e. The molecule has 236 valence electrons. The summed E-state index contributed by atoms with van der Waals surface area (Å²) in [5.41, 5.74) is -0.661. The van der Waals surface area contributed by atoms with E-state index in [4.69, 9.17) is 18.9 Å². The number of nitrogens with zero attached hydrogens (tertiary/aromatic N) is 5. The van der Waals surface area contributed by atoms with E-state index in [2.05, 4.69) is 15.1 Å². The fourth-order valence-corrected chi connectivity index (χ4v) is 5.63. The molecule has 3 heterocycles. The molecule has 2 aliphatic rings. The lowest BCUT2D eigenvalue weighted by molar-refractivity contribution is -0.107. The van der Waals surface area contributed by atoms with Crippen LogP contribution in [0.3, 0.4) is 0 Å². The second-order valence-electron chi connectivity index (χ2n) is 11.7. The number of anilines is 1. The molecule has 2 fully saturated rings. The lowest BCUT2D eigenvalue weighted by Crippen LogP contribution is -2.43. The largest absolute Gasteiger partial charge is 0.443 e. The molecule has 0 radical (unpaired) electrons. The molecule has 5 atom stereocenters. The van der Waals surface area contributed by atoms with Gasteiger partial charge < -0.3 is 44.1 Å². The monoisotopic (exact) mass is 617 g/mol. The topological polar surface area (TPSA) is 219 Å². The molecule has 1 unspecified atom stereocenters. The van der Waals surface area contributed by atoms with Gasteiger partial charge in [-0.05, 0) is 40.5 Å². The molecule has 1 aliphatic carbocycles. The van der Waals surface area contributed by atoms with Gasteiger partial charge in [-0.25, -0.2) is 19.4 Å². The molecule has 42 heavy (non-hydrogen) atoms. The average molecular weight is 618 g/mol. The van der Waals surface area contributed by atoms with Crippen LogP contribution in [0.4, 0.5) is 10.6 Å². The second-order valence-corrected chi connectivity index (χ2v) is 13.8. The highest BCUT2D eigenvalue weighted by molar-refractivity contribution is 7.53. The summed E-state index contributed by atoms with van der Waals surface area (Å²) in [4.78, 5) is 43.2. The first-order valence-corrected chi connectivity index (χ1v) is 15.3. The van der Waals surface area contributed by atoms with Gasteiger partial charge in [0.1, 0.15) is 30.5 Å². The molecule has 16 nitrogen and oxygen atoms in total. The third kappa shape index (κ3) is 6.61. The van der Waals surface area contributed by atoms with Crippen LogP contribution in [-0.2, 0) is 30.1 Å². The number of aliphatic hydroxyl groups excluding tert-OH is 3. The van der Waals surface area contributed by atoms with Crippen LogP contribution in [0, 0.1) is 0 Å². The molecule has 0 aromatic carbocycles. The lowest BCUT2D eigenvalue weighted by atomic mass is 10.1. The van der Waals surface area contributed by atoms with Crippen molar-refractivity contribution in [3.8, 4) is 0 Å². The molecule has 1 amide bonds. The minimum Gasteiger partial charge on any atom is -0.443 e.